The van der Waals surface area contributed by atoms with E-state index >= 15 is 0 Å². The Morgan fingerprint density at radius 2 is 1.95 bits per heavy atom. The van der Waals surface area contributed by atoms with Crippen LogP contribution in [0.5, 0.6) is 5.75 Å². The first-order valence-corrected chi connectivity index (χ1v) is 7.22. The molecule has 0 bridgehead atoms. The van der Waals surface area contributed by atoms with Crippen molar-refractivity contribution < 1.29 is 4.74 Å². The number of hydrogen-bond acceptors (Lipinski definition) is 2. The first kappa shape index (κ1) is 13.2. The van der Waals surface area contributed by atoms with Gasteiger partial charge < -0.3 is 10.1 Å². The molecule has 2 aromatic carbocycles. The molecule has 2 nitrogen and oxygen atoms in total. The molecule has 1 aliphatic carbocycles. The average Bonchev–Trinajstić information content (AvgIpc) is 2.88. The summed E-state index contributed by atoms with van der Waals surface area (Å²) >= 11 is 0. The summed E-state index contributed by atoms with van der Waals surface area (Å²) in [5.41, 5.74) is 5.63. The van der Waals surface area contributed by atoms with E-state index in [1.54, 1.807) is 7.11 Å². The number of aryl methyl sites for hydroxylation is 2. The van der Waals surface area contributed by atoms with Crippen molar-refractivity contribution >= 4 is 0 Å². The van der Waals surface area contributed by atoms with Gasteiger partial charge in [0.1, 0.15) is 5.75 Å². The number of benzene rings is 2. The van der Waals surface area contributed by atoms with E-state index in [1.165, 1.54) is 35.1 Å². The van der Waals surface area contributed by atoms with Gasteiger partial charge in [-0.25, -0.2) is 0 Å². The first-order chi connectivity index (χ1) is 9.76. The van der Waals surface area contributed by atoms with Crippen LogP contribution in [0.4, 0.5) is 0 Å². The zero-order valence-corrected chi connectivity index (χ0v) is 12.1. The van der Waals surface area contributed by atoms with E-state index in [9.17, 15) is 0 Å². The highest BCUT2D eigenvalue weighted by Gasteiger charge is 2.21. The second kappa shape index (κ2) is 5.68. The zero-order chi connectivity index (χ0) is 13.9. The Bertz CT molecular complexity index is 589. The summed E-state index contributed by atoms with van der Waals surface area (Å²) in [7, 11) is 1.70. The van der Waals surface area contributed by atoms with E-state index < -0.39 is 0 Å². The van der Waals surface area contributed by atoms with Gasteiger partial charge in [0.25, 0.3) is 0 Å². The zero-order valence-electron chi connectivity index (χ0n) is 12.1. The van der Waals surface area contributed by atoms with Gasteiger partial charge in [0.05, 0.1) is 7.11 Å². The molecule has 0 heterocycles. The monoisotopic (exact) mass is 267 g/mol. The largest absolute Gasteiger partial charge is 0.497 e. The van der Waals surface area contributed by atoms with Crippen LogP contribution in [-0.2, 0) is 13.0 Å². The highest BCUT2D eigenvalue weighted by atomic mass is 16.5. The molecule has 0 amide bonds. The smallest absolute Gasteiger partial charge is 0.118 e. The Morgan fingerprint density at radius 3 is 2.70 bits per heavy atom. The van der Waals surface area contributed by atoms with Crippen molar-refractivity contribution in [3.8, 4) is 5.75 Å². The summed E-state index contributed by atoms with van der Waals surface area (Å²) < 4.78 is 5.19. The number of fused-ring (bicyclic) bond motifs is 1. The normalized spacial score (nSPS) is 17.0. The number of ether oxygens (including phenoxy) is 1. The fourth-order valence-electron chi connectivity index (χ4n) is 2.92. The average molecular weight is 267 g/mol. The standard InChI is InChI=1S/C18H21NO/c1-13-3-6-15-7-10-18(17(15)11-13)19-12-14-4-8-16(20-2)9-5-14/h3-6,8-9,11,18-19H,7,10,12H2,1-2H3. The SMILES string of the molecule is COc1ccc(CNC2CCc3ccc(C)cc32)cc1. The van der Waals surface area contributed by atoms with Gasteiger partial charge in [-0.1, -0.05) is 35.9 Å². The number of hydrogen-bond donors (Lipinski definition) is 1. The fraction of sp³-hybridized carbons (Fsp3) is 0.333. The lowest BCUT2D eigenvalue weighted by Gasteiger charge is -2.15. The summed E-state index contributed by atoms with van der Waals surface area (Å²) in [6, 6.07) is 15.6. The lowest BCUT2D eigenvalue weighted by molar-refractivity contribution is 0.414. The third-order valence-electron chi connectivity index (χ3n) is 4.09. The molecule has 1 N–H and O–H groups in total. The molecule has 2 heteroatoms. The molecule has 104 valence electrons. The molecule has 2 aromatic rings. The molecule has 0 fully saturated rings. The number of nitrogens with one attached hydrogen (secondary N) is 1. The molecule has 1 aliphatic rings. The summed E-state index contributed by atoms with van der Waals surface area (Å²) in [5, 5.41) is 3.68. The van der Waals surface area contributed by atoms with Gasteiger partial charge in [0, 0.05) is 12.6 Å². The molecule has 3 rings (SSSR count). The molecule has 0 radical (unpaired) electrons. The summed E-state index contributed by atoms with van der Waals surface area (Å²) in [6.07, 6.45) is 2.39. The third kappa shape index (κ3) is 2.70. The van der Waals surface area contributed by atoms with Crippen LogP contribution >= 0.6 is 0 Å². The quantitative estimate of drug-likeness (QED) is 0.910. The lowest BCUT2D eigenvalue weighted by atomic mass is 10.0. The maximum Gasteiger partial charge on any atom is 0.118 e. The maximum absolute atomic E-state index is 5.19. The minimum absolute atomic E-state index is 0.493. The molecule has 0 aromatic heterocycles. The third-order valence-corrected chi connectivity index (χ3v) is 4.09. The van der Waals surface area contributed by atoms with E-state index in [2.05, 4.69) is 42.6 Å². The first-order valence-electron chi connectivity index (χ1n) is 7.22. The summed E-state index contributed by atoms with van der Waals surface area (Å²) in [4.78, 5) is 0. The number of methoxy groups -OCH3 is 1. The van der Waals surface area contributed by atoms with E-state index in [4.69, 9.17) is 4.74 Å². The fourth-order valence-corrected chi connectivity index (χ4v) is 2.92. The van der Waals surface area contributed by atoms with Crippen LogP contribution in [0.2, 0.25) is 0 Å². The predicted molar refractivity (Wildman–Crippen MR) is 82.1 cm³/mol. The van der Waals surface area contributed by atoms with Crippen LogP contribution in [0.3, 0.4) is 0 Å². The second-order valence-electron chi connectivity index (χ2n) is 5.52. The van der Waals surface area contributed by atoms with E-state index in [1.807, 2.05) is 12.1 Å². The molecule has 1 atom stereocenters. The highest BCUT2D eigenvalue weighted by molar-refractivity contribution is 5.37. The predicted octanol–water partition coefficient (Wildman–Crippen LogP) is 3.78. The van der Waals surface area contributed by atoms with Gasteiger partial charge in [-0.05, 0) is 48.6 Å². The molecular weight excluding hydrogens is 246 g/mol. The lowest BCUT2D eigenvalue weighted by Crippen LogP contribution is -2.18. The van der Waals surface area contributed by atoms with Crippen molar-refractivity contribution in [3.05, 3.63) is 64.7 Å². The summed E-state index contributed by atoms with van der Waals surface area (Å²) in [5.74, 6) is 0.913. The Labute approximate surface area is 120 Å². The van der Waals surface area contributed by atoms with E-state index in [0.717, 1.165) is 12.3 Å². The second-order valence-corrected chi connectivity index (χ2v) is 5.52. The minimum Gasteiger partial charge on any atom is -0.497 e. The molecule has 20 heavy (non-hydrogen) atoms. The van der Waals surface area contributed by atoms with Crippen LogP contribution < -0.4 is 10.1 Å². The highest BCUT2D eigenvalue weighted by Crippen LogP contribution is 2.31. The van der Waals surface area contributed by atoms with Gasteiger partial charge >= 0.3 is 0 Å². The Hall–Kier alpha value is -1.80. The Kier molecular flexibility index (Phi) is 3.75. The maximum atomic E-state index is 5.19. The van der Waals surface area contributed by atoms with Gasteiger partial charge in [0.2, 0.25) is 0 Å². The molecule has 0 saturated carbocycles. The van der Waals surface area contributed by atoms with Gasteiger partial charge in [-0.15, -0.1) is 0 Å². The molecule has 0 saturated heterocycles. The Balaban J connectivity index is 1.66. The minimum atomic E-state index is 0.493. The van der Waals surface area contributed by atoms with Crippen molar-refractivity contribution in [2.45, 2.75) is 32.4 Å². The van der Waals surface area contributed by atoms with Crippen molar-refractivity contribution in [2.24, 2.45) is 0 Å². The van der Waals surface area contributed by atoms with Gasteiger partial charge in [-0.2, -0.15) is 0 Å². The van der Waals surface area contributed by atoms with E-state index in [0.29, 0.717) is 6.04 Å². The molecular formula is C18H21NO. The van der Waals surface area contributed by atoms with Crippen LogP contribution in [0.1, 0.15) is 34.7 Å². The van der Waals surface area contributed by atoms with Crippen LogP contribution in [0, 0.1) is 6.92 Å². The number of rotatable bonds is 4. The van der Waals surface area contributed by atoms with Gasteiger partial charge in [0.15, 0.2) is 0 Å². The molecule has 1 unspecified atom stereocenters. The molecule has 0 aliphatic heterocycles. The summed E-state index contributed by atoms with van der Waals surface area (Å²) in [6.45, 7) is 3.07. The van der Waals surface area contributed by atoms with Crippen molar-refractivity contribution in [3.63, 3.8) is 0 Å². The Morgan fingerprint density at radius 1 is 1.15 bits per heavy atom. The van der Waals surface area contributed by atoms with Crippen molar-refractivity contribution in [1.29, 1.82) is 0 Å². The topological polar surface area (TPSA) is 21.3 Å². The van der Waals surface area contributed by atoms with Crippen LogP contribution in [0.15, 0.2) is 42.5 Å². The van der Waals surface area contributed by atoms with Crippen molar-refractivity contribution in [2.75, 3.05) is 7.11 Å². The molecule has 0 spiro atoms. The van der Waals surface area contributed by atoms with Gasteiger partial charge in [-0.3, -0.25) is 0 Å². The van der Waals surface area contributed by atoms with Crippen molar-refractivity contribution in [1.82, 2.24) is 5.32 Å². The van der Waals surface area contributed by atoms with E-state index in [-0.39, 0.29) is 0 Å². The van der Waals surface area contributed by atoms with Crippen LogP contribution in [-0.4, -0.2) is 7.11 Å². The van der Waals surface area contributed by atoms with Crippen LogP contribution in [0.25, 0.3) is 0 Å².